The number of carbonyl (C=O) groups excluding carboxylic acids is 3. The highest BCUT2D eigenvalue weighted by atomic mass is 16.6. The van der Waals surface area contributed by atoms with Crippen molar-refractivity contribution >= 4 is 29.7 Å². The Morgan fingerprint density at radius 3 is 2.17 bits per heavy atom. The summed E-state index contributed by atoms with van der Waals surface area (Å²) in [4.78, 5) is 34.8. The molecule has 0 radical (unpaired) electrons. The van der Waals surface area contributed by atoms with Gasteiger partial charge in [-0.15, -0.1) is 0 Å². The number of anilines is 1. The molecule has 0 fully saturated rings. The van der Waals surface area contributed by atoms with Crippen LogP contribution in [0.1, 0.15) is 18.4 Å². The molecular formula is C21H23N3O6. The van der Waals surface area contributed by atoms with Gasteiger partial charge in [0.1, 0.15) is 11.5 Å². The lowest BCUT2D eigenvalue weighted by molar-refractivity contribution is -0.142. The number of esters is 1. The monoisotopic (exact) mass is 413 g/mol. The molecule has 0 aromatic heterocycles. The number of amides is 2. The van der Waals surface area contributed by atoms with Gasteiger partial charge in [-0.3, -0.25) is 9.59 Å². The Hall–Kier alpha value is -3.88. The molecule has 2 N–H and O–H groups in total. The molecule has 0 bridgehead atoms. The number of hydrazone groups is 1. The first-order valence-electron chi connectivity index (χ1n) is 9.05. The Labute approximate surface area is 174 Å². The van der Waals surface area contributed by atoms with Crippen molar-refractivity contribution in [3.63, 3.8) is 0 Å². The summed E-state index contributed by atoms with van der Waals surface area (Å²) in [5.41, 5.74) is 3.71. The fourth-order valence-electron chi connectivity index (χ4n) is 2.21. The minimum atomic E-state index is -0.471. The molecule has 2 amide bonds. The quantitative estimate of drug-likeness (QED) is 0.350. The van der Waals surface area contributed by atoms with E-state index in [1.165, 1.54) is 13.3 Å². The van der Waals surface area contributed by atoms with Crippen molar-refractivity contribution in [1.29, 1.82) is 0 Å². The first kappa shape index (κ1) is 22.4. The van der Waals surface area contributed by atoms with Gasteiger partial charge in [-0.2, -0.15) is 5.10 Å². The highest BCUT2D eigenvalue weighted by molar-refractivity contribution is 5.93. The Morgan fingerprint density at radius 1 is 0.900 bits per heavy atom. The van der Waals surface area contributed by atoms with Crippen LogP contribution in [0, 0.1) is 0 Å². The number of nitrogens with one attached hydrogen (secondary N) is 2. The molecule has 30 heavy (non-hydrogen) atoms. The summed E-state index contributed by atoms with van der Waals surface area (Å²) in [6.45, 7) is -0.175. The zero-order valence-corrected chi connectivity index (χ0v) is 16.7. The Morgan fingerprint density at radius 2 is 1.53 bits per heavy atom. The third kappa shape index (κ3) is 8.01. The van der Waals surface area contributed by atoms with Crippen LogP contribution in [0.4, 0.5) is 5.69 Å². The maximum Gasteiger partial charge on any atom is 0.343 e. The molecule has 0 saturated carbocycles. The lowest BCUT2D eigenvalue weighted by Gasteiger charge is -2.06. The molecule has 9 nitrogen and oxygen atoms in total. The van der Waals surface area contributed by atoms with E-state index in [1.54, 1.807) is 55.6 Å². The van der Waals surface area contributed by atoms with Crippen LogP contribution in [0.2, 0.25) is 0 Å². The van der Waals surface area contributed by atoms with Crippen molar-refractivity contribution in [2.45, 2.75) is 12.8 Å². The average molecular weight is 413 g/mol. The summed E-state index contributed by atoms with van der Waals surface area (Å²) in [5, 5.41) is 6.56. The molecule has 0 atom stereocenters. The number of benzene rings is 2. The van der Waals surface area contributed by atoms with Crippen LogP contribution in [-0.4, -0.2) is 44.8 Å². The van der Waals surface area contributed by atoms with E-state index in [1.807, 2.05) is 0 Å². The maximum absolute atomic E-state index is 11.9. The molecule has 0 heterocycles. The molecule has 2 aromatic carbocycles. The third-order valence-electron chi connectivity index (χ3n) is 3.82. The SMILES string of the molecule is COC(=O)COc1ccc(C=NNC(=O)CCC(=O)Nc2ccc(OC)cc2)cc1. The number of rotatable bonds is 10. The molecule has 0 spiro atoms. The number of carbonyl (C=O) groups is 3. The smallest absolute Gasteiger partial charge is 0.343 e. The van der Waals surface area contributed by atoms with E-state index in [0.717, 1.165) is 5.56 Å². The number of hydrogen-bond acceptors (Lipinski definition) is 7. The first-order chi connectivity index (χ1) is 14.5. The summed E-state index contributed by atoms with van der Waals surface area (Å²) in [7, 11) is 2.85. The Bertz CT molecular complexity index is 879. The van der Waals surface area contributed by atoms with Crippen LogP contribution >= 0.6 is 0 Å². The Balaban J connectivity index is 1.69. The van der Waals surface area contributed by atoms with Crippen molar-refractivity contribution in [2.75, 3.05) is 26.1 Å². The lowest BCUT2D eigenvalue weighted by Crippen LogP contribution is -2.20. The predicted molar refractivity (Wildman–Crippen MR) is 111 cm³/mol. The van der Waals surface area contributed by atoms with Crippen molar-refractivity contribution in [3.8, 4) is 11.5 Å². The second-order valence-corrected chi connectivity index (χ2v) is 6.00. The molecule has 0 unspecified atom stereocenters. The molecular weight excluding hydrogens is 390 g/mol. The molecule has 2 aromatic rings. The maximum atomic E-state index is 11.9. The van der Waals surface area contributed by atoms with Crippen LogP contribution in [0.3, 0.4) is 0 Å². The molecule has 2 rings (SSSR count). The highest BCUT2D eigenvalue weighted by Gasteiger charge is 2.07. The third-order valence-corrected chi connectivity index (χ3v) is 3.82. The van der Waals surface area contributed by atoms with Crippen LogP contribution in [-0.2, 0) is 19.1 Å². The van der Waals surface area contributed by atoms with Crippen molar-refractivity contribution in [1.82, 2.24) is 5.43 Å². The van der Waals surface area contributed by atoms with Crippen molar-refractivity contribution < 1.29 is 28.6 Å². The zero-order valence-electron chi connectivity index (χ0n) is 16.7. The molecule has 0 saturated heterocycles. The van der Waals surface area contributed by atoms with Crippen LogP contribution < -0.4 is 20.2 Å². The van der Waals surface area contributed by atoms with E-state index in [0.29, 0.717) is 17.2 Å². The second-order valence-electron chi connectivity index (χ2n) is 6.00. The minimum absolute atomic E-state index is 0.000363. The van der Waals surface area contributed by atoms with Gasteiger partial charge < -0.3 is 19.5 Å². The van der Waals surface area contributed by atoms with Gasteiger partial charge in [0.15, 0.2) is 6.61 Å². The number of methoxy groups -OCH3 is 2. The van der Waals surface area contributed by atoms with Gasteiger partial charge >= 0.3 is 5.97 Å². The standard InChI is InChI=1S/C21H23N3O6/c1-28-17-9-5-16(6-10-17)23-19(25)11-12-20(26)24-22-13-15-3-7-18(8-4-15)30-14-21(27)29-2/h3-10,13H,11-12,14H2,1-2H3,(H,23,25)(H,24,26). The second kappa shape index (κ2) is 11.8. The largest absolute Gasteiger partial charge is 0.497 e. The molecule has 9 heteroatoms. The summed E-state index contributed by atoms with van der Waals surface area (Å²) in [5.74, 6) is 0.0649. The van der Waals surface area contributed by atoms with Crippen LogP contribution in [0.15, 0.2) is 53.6 Å². The van der Waals surface area contributed by atoms with Gasteiger partial charge in [-0.25, -0.2) is 10.2 Å². The lowest BCUT2D eigenvalue weighted by atomic mass is 10.2. The first-order valence-corrected chi connectivity index (χ1v) is 9.05. The summed E-state index contributed by atoms with van der Waals surface area (Å²) < 4.78 is 14.8. The van der Waals surface area contributed by atoms with Gasteiger partial charge in [0.2, 0.25) is 11.8 Å². The molecule has 0 aliphatic rings. The average Bonchev–Trinajstić information content (AvgIpc) is 2.77. The van der Waals surface area contributed by atoms with Crippen LogP contribution in [0.5, 0.6) is 11.5 Å². The van der Waals surface area contributed by atoms with Crippen LogP contribution in [0.25, 0.3) is 0 Å². The zero-order chi connectivity index (χ0) is 21.8. The van der Waals surface area contributed by atoms with Crippen molar-refractivity contribution in [2.24, 2.45) is 5.10 Å². The Kier molecular flexibility index (Phi) is 8.85. The molecule has 0 aliphatic heterocycles. The molecule has 158 valence electrons. The molecule has 0 aliphatic carbocycles. The van der Waals surface area contributed by atoms with Gasteiger partial charge in [0.25, 0.3) is 0 Å². The van der Waals surface area contributed by atoms with Gasteiger partial charge in [-0.05, 0) is 54.1 Å². The fraction of sp³-hybridized carbons (Fsp3) is 0.238. The highest BCUT2D eigenvalue weighted by Crippen LogP contribution is 2.15. The van der Waals surface area contributed by atoms with Crippen molar-refractivity contribution in [3.05, 3.63) is 54.1 Å². The summed E-state index contributed by atoms with van der Waals surface area (Å²) >= 11 is 0. The number of nitrogens with zero attached hydrogens (tertiary/aromatic N) is 1. The van der Waals surface area contributed by atoms with Gasteiger partial charge in [0.05, 0.1) is 20.4 Å². The predicted octanol–water partition coefficient (Wildman–Crippen LogP) is 2.12. The fourth-order valence-corrected chi connectivity index (χ4v) is 2.21. The van der Waals surface area contributed by atoms with E-state index in [2.05, 4.69) is 20.6 Å². The normalized spacial score (nSPS) is 10.3. The van der Waals surface area contributed by atoms with E-state index in [4.69, 9.17) is 9.47 Å². The summed E-state index contributed by atoms with van der Waals surface area (Å²) in [6, 6.07) is 13.6. The van der Waals surface area contributed by atoms with Gasteiger partial charge in [-0.1, -0.05) is 0 Å². The van der Waals surface area contributed by atoms with E-state index < -0.39 is 5.97 Å². The number of ether oxygens (including phenoxy) is 3. The van der Waals surface area contributed by atoms with E-state index >= 15 is 0 Å². The van der Waals surface area contributed by atoms with Gasteiger partial charge in [0, 0.05) is 18.5 Å². The van der Waals surface area contributed by atoms with E-state index in [-0.39, 0.29) is 31.3 Å². The minimum Gasteiger partial charge on any atom is -0.497 e. The summed E-state index contributed by atoms with van der Waals surface area (Å²) in [6.07, 6.45) is 1.48. The topological polar surface area (TPSA) is 115 Å². The number of hydrogen-bond donors (Lipinski definition) is 2. The van der Waals surface area contributed by atoms with E-state index in [9.17, 15) is 14.4 Å².